The minimum atomic E-state index is -4.45. The summed E-state index contributed by atoms with van der Waals surface area (Å²) < 4.78 is 47.8. The zero-order chi connectivity index (χ0) is 13.2. The molecule has 0 N–H and O–H groups in total. The molecule has 0 amide bonds. The van der Waals surface area contributed by atoms with Crippen LogP contribution in [-0.4, -0.2) is 24.3 Å². The van der Waals surface area contributed by atoms with Crippen molar-refractivity contribution in [2.75, 3.05) is 13.2 Å². The molecule has 18 heavy (non-hydrogen) atoms. The lowest BCUT2D eigenvalue weighted by molar-refractivity contribution is -0.137. The summed E-state index contributed by atoms with van der Waals surface area (Å²) >= 11 is 5.74. The number of ether oxygens (including phenoxy) is 2. The van der Waals surface area contributed by atoms with Gasteiger partial charge < -0.3 is 9.47 Å². The van der Waals surface area contributed by atoms with Gasteiger partial charge in [-0.05, 0) is 6.07 Å². The van der Waals surface area contributed by atoms with Crippen LogP contribution < -0.4 is 4.74 Å². The number of rotatable bonds is 2. The maximum Gasteiger partial charge on any atom is 0.417 e. The topological polar surface area (TPSA) is 31.4 Å². The van der Waals surface area contributed by atoms with Gasteiger partial charge in [0.1, 0.15) is 11.1 Å². The highest BCUT2D eigenvalue weighted by Gasteiger charge is 2.32. The second-order valence-corrected chi connectivity index (χ2v) is 4.35. The van der Waals surface area contributed by atoms with Crippen molar-refractivity contribution in [3.63, 3.8) is 0 Å². The van der Waals surface area contributed by atoms with Crippen molar-refractivity contribution < 1.29 is 22.6 Å². The Morgan fingerprint density at radius 1 is 1.33 bits per heavy atom. The summed E-state index contributed by atoms with van der Waals surface area (Å²) in [6, 6.07) is 0.823. The van der Waals surface area contributed by atoms with Crippen molar-refractivity contribution in [2.24, 2.45) is 0 Å². The fraction of sp³-hybridized carbons (Fsp3) is 0.545. The number of hydrogen-bond donors (Lipinski definition) is 0. The standard InChI is InChI=1S/C11H11ClF3NO2/c12-9-5-7(11(13,14)15)6-16-10(9)18-8-1-3-17-4-2-8/h5-6,8H,1-4H2. The average molecular weight is 282 g/mol. The molecule has 1 aliphatic rings. The van der Waals surface area contributed by atoms with Gasteiger partial charge in [-0.1, -0.05) is 11.6 Å². The van der Waals surface area contributed by atoms with E-state index in [2.05, 4.69) is 4.98 Å². The van der Waals surface area contributed by atoms with Crippen molar-refractivity contribution in [2.45, 2.75) is 25.1 Å². The minimum absolute atomic E-state index is 0.0385. The Hall–Kier alpha value is -1.01. The molecular formula is C11H11ClF3NO2. The first-order chi connectivity index (χ1) is 8.47. The van der Waals surface area contributed by atoms with Gasteiger partial charge in [0.05, 0.1) is 18.8 Å². The van der Waals surface area contributed by atoms with Crippen LogP contribution in [0.25, 0.3) is 0 Å². The van der Waals surface area contributed by atoms with Gasteiger partial charge in [-0.25, -0.2) is 4.98 Å². The van der Waals surface area contributed by atoms with Crippen LogP contribution in [0.1, 0.15) is 18.4 Å². The third-order valence-electron chi connectivity index (χ3n) is 2.58. The molecule has 0 saturated carbocycles. The molecule has 2 rings (SSSR count). The highest BCUT2D eigenvalue weighted by atomic mass is 35.5. The molecule has 0 unspecified atom stereocenters. The molecule has 3 nitrogen and oxygen atoms in total. The van der Waals surface area contributed by atoms with E-state index in [1.807, 2.05) is 0 Å². The first-order valence-electron chi connectivity index (χ1n) is 5.44. The molecule has 1 aromatic rings. The Kier molecular flexibility index (Phi) is 3.97. The molecule has 0 aromatic carbocycles. The fourth-order valence-corrected chi connectivity index (χ4v) is 1.83. The predicted octanol–water partition coefficient (Wildman–Crippen LogP) is 3.31. The van der Waals surface area contributed by atoms with Crippen molar-refractivity contribution in [3.8, 4) is 5.88 Å². The van der Waals surface area contributed by atoms with Crippen LogP contribution in [0.4, 0.5) is 13.2 Å². The van der Waals surface area contributed by atoms with Crippen LogP contribution in [0.15, 0.2) is 12.3 Å². The van der Waals surface area contributed by atoms with Crippen LogP contribution >= 0.6 is 11.6 Å². The first-order valence-corrected chi connectivity index (χ1v) is 5.82. The zero-order valence-corrected chi connectivity index (χ0v) is 10.1. The number of aromatic nitrogens is 1. The van der Waals surface area contributed by atoms with E-state index in [0.29, 0.717) is 26.1 Å². The number of hydrogen-bond acceptors (Lipinski definition) is 3. The number of nitrogens with zero attached hydrogens (tertiary/aromatic N) is 1. The minimum Gasteiger partial charge on any atom is -0.473 e. The summed E-state index contributed by atoms with van der Waals surface area (Å²) in [6.07, 6.45) is -2.48. The van der Waals surface area contributed by atoms with Gasteiger partial charge in [0, 0.05) is 19.0 Å². The second-order valence-electron chi connectivity index (χ2n) is 3.94. The Balaban J connectivity index is 2.09. The maximum absolute atomic E-state index is 12.4. The molecule has 0 spiro atoms. The van der Waals surface area contributed by atoms with Gasteiger partial charge in [-0.3, -0.25) is 0 Å². The normalized spacial score (nSPS) is 17.8. The van der Waals surface area contributed by atoms with Crippen LogP contribution in [-0.2, 0) is 10.9 Å². The Labute approximate surface area is 107 Å². The number of alkyl halides is 3. The first kappa shape index (κ1) is 13.4. The van der Waals surface area contributed by atoms with Gasteiger partial charge >= 0.3 is 6.18 Å². The molecule has 1 aliphatic heterocycles. The highest BCUT2D eigenvalue weighted by Crippen LogP contribution is 2.33. The zero-order valence-electron chi connectivity index (χ0n) is 9.34. The van der Waals surface area contributed by atoms with Crippen LogP contribution in [0.5, 0.6) is 5.88 Å². The van der Waals surface area contributed by atoms with Gasteiger partial charge in [0.25, 0.3) is 0 Å². The van der Waals surface area contributed by atoms with Gasteiger partial charge in [-0.2, -0.15) is 13.2 Å². The van der Waals surface area contributed by atoms with Crippen molar-refractivity contribution in [3.05, 3.63) is 22.8 Å². The number of pyridine rings is 1. The van der Waals surface area contributed by atoms with Crippen molar-refractivity contribution in [1.29, 1.82) is 0 Å². The van der Waals surface area contributed by atoms with Gasteiger partial charge in [0.2, 0.25) is 5.88 Å². The van der Waals surface area contributed by atoms with E-state index >= 15 is 0 Å². The van der Waals surface area contributed by atoms with Gasteiger partial charge in [0.15, 0.2) is 0 Å². The monoisotopic (exact) mass is 281 g/mol. The van der Waals surface area contributed by atoms with E-state index in [4.69, 9.17) is 21.1 Å². The molecule has 1 aromatic heterocycles. The predicted molar refractivity (Wildman–Crippen MR) is 58.7 cm³/mol. The van der Waals surface area contributed by atoms with Crippen molar-refractivity contribution in [1.82, 2.24) is 4.98 Å². The Morgan fingerprint density at radius 2 is 2.00 bits per heavy atom. The quantitative estimate of drug-likeness (QED) is 0.833. The largest absolute Gasteiger partial charge is 0.473 e. The molecule has 0 radical (unpaired) electrons. The van der Waals surface area contributed by atoms with Gasteiger partial charge in [-0.15, -0.1) is 0 Å². The lowest BCUT2D eigenvalue weighted by atomic mass is 10.1. The molecular weight excluding hydrogens is 271 g/mol. The third kappa shape index (κ3) is 3.26. The lowest BCUT2D eigenvalue weighted by Gasteiger charge is -2.23. The SMILES string of the molecule is FC(F)(F)c1cnc(OC2CCOCC2)c(Cl)c1. The van der Waals surface area contributed by atoms with E-state index in [9.17, 15) is 13.2 Å². The van der Waals surface area contributed by atoms with E-state index in [1.54, 1.807) is 0 Å². The molecule has 1 saturated heterocycles. The molecule has 100 valence electrons. The highest BCUT2D eigenvalue weighted by molar-refractivity contribution is 6.31. The summed E-state index contributed by atoms with van der Waals surface area (Å²) in [6.45, 7) is 1.14. The summed E-state index contributed by atoms with van der Waals surface area (Å²) in [5.41, 5.74) is -0.883. The molecule has 7 heteroatoms. The summed E-state index contributed by atoms with van der Waals surface area (Å²) in [5, 5.41) is -0.128. The number of halogens is 4. The molecule has 0 atom stereocenters. The average Bonchev–Trinajstić information content (AvgIpc) is 2.32. The summed E-state index contributed by atoms with van der Waals surface area (Å²) in [7, 11) is 0. The molecule has 0 bridgehead atoms. The molecule has 0 aliphatic carbocycles. The maximum atomic E-state index is 12.4. The smallest absolute Gasteiger partial charge is 0.417 e. The second kappa shape index (κ2) is 5.32. The Bertz CT molecular complexity index is 419. The van der Waals surface area contributed by atoms with E-state index in [1.165, 1.54) is 0 Å². The Morgan fingerprint density at radius 3 is 2.56 bits per heavy atom. The van der Waals surface area contributed by atoms with Crippen LogP contribution in [0, 0.1) is 0 Å². The van der Waals surface area contributed by atoms with E-state index in [-0.39, 0.29) is 17.0 Å². The third-order valence-corrected chi connectivity index (χ3v) is 2.85. The van der Waals surface area contributed by atoms with Crippen LogP contribution in [0.3, 0.4) is 0 Å². The van der Waals surface area contributed by atoms with E-state index in [0.717, 1.165) is 12.3 Å². The lowest BCUT2D eigenvalue weighted by Crippen LogP contribution is -2.26. The van der Waals surface area contributed by atoms with Crippen LogP contribution in [0.2, 0.25) is 5.02 Å². The van der Waals surface area contributed by atoms with E-state index < -0.39 is 11.7 Å². The fourth-order valence-electron chi connectivity index (χ4n) is 1.62. The summed E-state index contributed by atoms with van der Waals surface area (Å²) in [4.78, 5) is 3.62. The van der Waals surface area contributed by atoms with Crippen molar-refractivity contribution >= 4 is 11.6 Å². The molecule has 2 heterocycles. The molecule has 1 fully saturated rings. The summed E-state index contributed by atoms with van der Waals surface area (Å²) in [5.74, 6) is 0.0385.